The van der Waals surface area contributed by atoms with Crippen LogP contribution >= 0.6 is 46.6 Å². The molecule has 0 aliphatic heterocycles. The summed E-state index contributed by atoms with van der Waals surface area (Å²) in [7, 11) is 0. The molecule has 2 aromatic rings. The third kappa shape index (κ3) is 3.56. The first-order valence-corrected chi connectivity index (χ1v) is 9.14. The molecule has 1 heterocycles. The van der Waals surface area contributed by atoms with E-state index in [1.165, 1.54) is 0 Å². The lowest BCUT2D eigenvalue weighted by Crippen LogP contribution is -2.13. The zero-order chi connectivity index (χ0) is 14.7. The topological polar surface area (TPSA) is 17.8 Å². The van der Waals surface area contributed by atoms with Gasteiger partial charge in [0.1, 0.15) is 5.82 Å². The zero-order valence-electron chi connectivity index (χ0n) is 11.5. The van der Waals surface area contributed by atoms with Crippen molar-refractivity contribution in [2.75, 3.05) is 17.9 Å². The third-order valence-corrected chi connectivity index (χ3v) is 4.95. The van der Waals surface area contributed by atoms with Crippen LogP contribution < -0.4 is 0 Å². The molecule has 20 heavy (non-hydrogen) atoms. The standard InChI is InChI=1S/C14H17Cl3N2S/c1-9(8-20-2)7-19-13-6-11(17)10(16)5-12(13)18-14(19)3-4-15/h5-6,9H,3-4,7-8H2,1-2H3. The number of aryl methyl sites for hydroxylation is 1. The predicted molar refractivity (Wildman–Crippen MR) is 91.7 cm³/mol. The van der Waals surface area contributed by atoms with E-state index in [4.69, 9.17) is 34.8 Å². The van der Waals surface area contributed by atoms with Gasteiger partial charge < -0.3 is 4.57 Å². The van der Waals surface area contributed by atoms with E-state index in [9.17, 15) is 0 Å². The summed E-state index contributed by atoms with van der Waals surface area (Å²) < 4.78 is 2.22. The first kappa shape index (κ1) is 16.3. The fourth-order valence-corrected chi connectivity index (χ4v) is 3.46. The summed E-state index contributed by atoms with van der Waals surface area (Å²) in [6, 6.07) is 3.72. The second-order valence-corrected chi connectivity index (χ2v) is 7.00. The number of alkyl halides is 1. The van der Waals surface area contributed by atoms with Crippen LogP contribution in [0.5, 0.6) is 0 Å². The number of thioether (sulfide) groups is 1. The summed E-state index contributed by atoms with van der Waals surface area (Å²) in [6.07, 6.45) is 2.87. The Labute approximate surface area is 138 Å². The van der Waals surface area contributed by atoms with E-state index < -0.39 is 0 Å². The normalized spacial score (nSPS) is 13.1. The van der Waals surface area contributed by atoms with Gasteiger partial charge in [0.15, 0.2) is 0 Å². The lowest BCUT2D eigenvalue weighted by Gasteiger charge is -2.14. The average molecular weight is 352 g/mol. The molecule has 1 unspecified atom stereocenters. The first-order chi connectivity index (χ1) is 9.56. The third-order valence-electron chi connectivity index (χ3n) is 3.13. The van der Waals surface area contributed by atoms with Crippen molar-refractivity contribution in [3.05, 3.63) is 28.0 Å². The molecule has 0 N–H and O–H groups in total. The zero-order valence-corrected chi connectivity index (χ0v) is 14.6. The minimum atomic E-state index is 0.540. The van der Waals surface area contributed by atoms with Gasteiger partial charge in [-0.05, 0) is 30.1 Å². The van der Waals surface area contributed by atoms with Crippen LogP contribution in [0.3, 0.4) is 0 Å². The number of rotatable bonds is 6. The van der Waals surface area contributed by atoms with Crippen LogP contribution in [0.1, 0.15) is 12.7 Å². The number of imidazole rings is 1. The van der Waals surface area contributed by atoms with E-state index >= 15 is 0 Å². The number of benzene rings is 1. The molecule has 0 saturated heterocycles. The predicted octanol–water partition coefficient (Wildman–Crippen LogP) is 5.12. The van der Waals surface area contributed by atoms with Crippen molar-refractivity contribution in [2.24, 2.45) is 5.92 Å². The van der Waals surface area contributed by atoms with Crippen LogP contribution in [-0.2, 0) is 13.0 Å². The van der Waals surface area contributed by atoms with Gasteiger partial charge in [-0.25, -0.2) is 4.98 Å². The number of fused-ring (bicyclic) bond motifs is 1. The van der Waals surface area contributed by atoms with Crippen molar-refractivity contribution in [3.63, 3.8) is 0 Å². The second-order valence-electron chi connectivity index (χ2n) is 4.89. The summed E-state index contributed by atoms with van der Waals surface area (Å²) in [4.78, 5) is 4.65. The molecule has 0 aliphatic rings. The van der Waals surface area contributed by atoms with Gasteiger partial charge in [-0.3, -0.25) is 0 Å². The van der Waals surface area contributed by atoms with E-state index in [1.54, 1.807) is 0 Å². The highest BCUT2D eigenvalue weighted by Crippen LogP contribution is 2.29. The molecule has 2 nitrogen and oxygen atoms in total. The summed E-state index contributed by atoms with van der Waals surface area (Å²) in [5.74, 6) is 3.23. The van der Waals surface area contributed by atoms with Crippen LogP contribution in [0, 0.1) is 5.92 Å². The van der Waals surface area contributed by atoms with Gasteiger partial charge >= 0.3 is 0 Å². The van der Waals surface area contributed by atoms with Crippen LogP contribution in [0.25, 0.3) is 11.0 Å². The number of aromatic nitrogens is 2. The van der Waals surface area contributed by atoms with Crippen molar-refractivity contribution in [3.8, 4) is 0 Å². The van der Waals surface area contributed by atoms with Crippen molar-refractivity contribution < 1.29 is 0 Å². The fourth-order valence-electron chi connectivity index (χ4n) is 2.30. The van der Waals surface area contributed by atoms with Crippen molar-refractivity contribution in [2.45, 2.75) is 19.9 Å². The van der Waals surface area contributed by atoms with Crippen LogP contribution in [0.2, 0.25) is 10.0 Å². The Hall–Kier alpha value is -0.0900. The van der Waals surface area contributed by atoms with Gasteiger partial charge in [-0.1, -0.05) is 30.1 Å². The SMILES string of the molecule is CSCC(C)Cn1c(CCCl)nc2cc(Cl)c(Cl)cc21. The number of nitrogens with zero attached hydrogens (tertiary/aromatic N) is 2. The highest BCUT2D eigenvalue weighted by atomic mass is 35.5. The summed E-state index contributed by atoms with van der Waals surface area (Å²) in [5, 5.41) is 1.11. The van der Waals surface area contributed by atoms with Crippen LogP contribution in [0.15, 0.2) is 12.1 Å². The Bertz CT molecular complexity index is 598. The molecule has 0 radical (unpaired) electrons. The molecule has 0 bridgehead atoms. The summed E-state index contributed by atoms with van der Waals surface area (Å²) in [5.41, 5.74) is 1.92. The van der Waals surface area contributed by atoms with E-state index in [0.29, 0.717) is 21.8 Å². The highest BCUT2D eigenvalue weighted by molar-refractivity contribution is 7.98. The van der Waals surface area contributed by atoms with E-state index in [0.717, 1.165) is 35.6 Å². The molecule has 0 spiro atoms. The molecule has 0 saturated carbocycles. The van der Waals surface area contributed by atoms with E-state index in [2.05, 4.69) is 22.7 Å². The minimum Gasteiger partial charge on any atom is -0.328 e. The Balaban J connectivity index is 2.47. The Morgan fingerprint density at radius 3 is 2.65 bits per heavy atom. The smallest absolute Gasteiger partial charge is 0.111 e. The maximum atomic E-state index is 6.14. The van der Waals surface area contributed by atoms with Gasteiger partial charge in [-0.15, -0.1) is 11.6 Å². The monoisotopic (exact) mass is 350 g/mol. The molecule has 0 aliphatic carbocycles. The molecular weight excluding hydrogens is 335 g/mol. The molecule has 1 aromatic carbocycles. The summed E-state index contributed by atoms with van der Waals surface area (Å²) in [6.45, 7) is 3.16. The molecule has 2 rings (SSSR count). The van der Waals surface area contributed by atoms with Gasteiger partial charge in [0.05, 0.1) is 21.1 Å². The first-order valence-electron chi connectivity index (χ1n) is 6.45. The summed E-state index contributed by atoms with van der Waals surface area (Å²) >= 11 is 20.0. The Morgan fingerprint density at radius 2 is 2.00 bits per heavy atom. The maximum Gasteiger partial charge on any atom is 0.111 e. The Kier molecular flexibility index (Phi) is 5.91. The van der Waals surface area contributed by atoms with Crippen LogP contribution in [0.4, 0.5) is 0 Å². The van der Waals surface area contributed by atoms with Gasteiger partial charge in [0, 0.05) is 18.8 Å². The number of hydrogen-bond donors (Lipinski definition) is 0. The van der Waals surface area contributed by atoms with E-state index in [-0.39, 0.29) is 0 Å². The lowest BCUT2D eigenvalue weighted by atomic mass is 10.2. The Morgan fingerprint density at radius 1 is 1.30 bits per heavy atom. The molecule has 110 valence electrons. The maximum absolute atomic E-state index is 6.14. The number of halogens is 3. The molecule has 1 aromatic heterocycles. The van der Waals surface area contributed by atoms with Gasteiger partial charge in [-0.2, -0.15) is 11.8 Å². The molecule has 1 atom stereocenters. The van der Waals surface area contributed by atoms with Crippen molar-refractivity contribution in [1.29, 1.82) is 0 Å². The quantitative estimate of drug-likeness (QED) is 0.672. The van der Waals surface area contributed by atoms with Crippen molar-refractivity contribution in [1.82, 2.24) is 9.55 Å². The molecule has 0 fully saturated rings. The average Bonchev–Trinajstić information content (AvgIpc) is 2.69. The molecule has 0 amide bonds. The second kappa shape index (κ2) is 7.26. The largest absolute Gasteiger partial charge is 0.328 e. The fraction of sp³-hybridized carbons (Fsp3) is 0.500. The molecular formula is C14H17Cl3N2S. The minimum absolute atomic E-state index is 0.540. The lowest BCUT2D eigenvalue weighted by molar-refractivity contribution is 0.526. The van der Waals surface area contributed by atoms with Crippen molar-refractivity contribution >= 4 is 57.6 Å². The van der Waals surface area contributed by atoms with Gasteiger partial charge in [0.25, 0.3) is 0 Å². The highest BCUT2D eigenvalue weighted by Gasteiger charge is 2.14. The van der Waals surface area contributed by atoms with Gasteiger partial charge in [0.2, 0.25) is 0 Å². The van der Waals surface area contributed by atoms with Crippen LogP contribution in [-0.4, -0.2) is 27.4 Å². The van der Waals surface area contributed by atoms with E-state index in [1.807, 2.05) is 23.9 Å². The number of hydrogen-bond acceptors (Lipinski definition) is 2. The molecule has 6 heteroatoms.